The van der Waals surface area contributed by atoms with Crippen molar-refractivity contribution in [2.45, 2.75) is 57.5 Å². The van der Waals surface area contributed by atoms with Crippen molar-refractivity contribution in [2.24, 2.45) is 0 Å². The first-order chi connectivity index (χ1) is 7.02. The highest BCUT2D eigenvalue weighted by Gasteiger charge is 2.21. The average molecular weight is 215 g/mol. The molecule has 0 heterocycles. The Morgan fingerprint density at radius 2 is 2.00 bits per heavy atom. The van der Waals surface area contributed by atoms with Crippen molar-refractivity contribution in [3.8, 4) is 0 Å². The Hall–Kier alpha value is -0.570. The standard InChI is InChI=1S/C12H23O3/c1-4-5-6-7-9-12(2,14)10-8-11(13)15-3/h14H,2,4-10H2,1,3H3. The molecule has 15 heavy (non-hydrogen) atoms. The number of rotatable bonds is 8. The van der Waals surface area contributed by atoms with E-state index in [0.717, 1.165) is 12.8 Å². The molecule has 0 saturated carbocycles. The van der Waals surface area contributed by atoms with Crippen LogP contribution in [0.4, 0.5) is 0 Å². The lowest BCUT2D eigenvalue weighted by Gasteiger charge is -2.22. The van der Waals surface area contributed by atoms with E-state index in [9.17, 15) is 9.90 Å². The van der Waals surface area contributed by atoms with E-state index in [1.807, 2.05) is 0 Å². The summed E-state index contributed by atoms with van der Waals surface area (Å²) in [6.45, 7) is 5.87. The zero-order valence-electron chi connectivity index (χ0n) is 9.92. The molecule has 0 amide bonds. The topological polar surface area (TPSA) is 46.5 Å². The number of aliphatic hydroxyl groups is 1. The summed E-state index contributed by atoms with van der Waals surface area (Å²) in [7, 11) is 1.35. The largest absolute Gasteiger partial charge is 0.469 e. The summed E-state index contributed by atoms with van der Waals surface area (Å²) in [4.78, 5) is 10.9. The average Bonchev–Trinajstić information content (AvgIpc) is 2.21. The monoisotopic (exact) mass is 215 g/mol. The van der Waals surface area contributed by atoms with Crippen LogP contribution in [-0.4, -0.2) is 23.8 Å². The summed E-state index contributed by atoms with van der Waals surface area (Å²) in [6, 6.07) is 0. The summed E-state index contributed by atoms with van der Waals surface area (Å²) >= 11 is 0. The second kappa shape index (κ2) is 7.69. The third kappa shape index (κ3) is 8.43. The van der Waals surface area contributed by atoms with Crippen LogP contribution in [0.5, 0.6) is 0 Å². The quantitative estimate of drug-likeness (QED) is 0.500. The minimum absolute atomic E-state index is 0.240. The molecule has 3 nitrogen and oxygen atoms in total. The maximum Gasteiger partial charge on any atom is 0.305 e. The van der Waals surface area contributed by atoms with Gasteiger partial charge in [-0.2, -0.15) is 0 Å². The second-order valence-electron chi connectivity index (χ2n) is 4.11. The molecule has 1 atom stereocenters. The van der Waals surface area contributed by atoms with E-state index in [-0.39, 0.29) is 12.4 Å². The molecular weight excluding hydrogens is 192 g/mol. The van der Waals surface area contributed by atoms with Gasteiger partial charge in [-0.1, -0.05) is 32.6 Å². The zero-order chi connectivity index (χ0) is 11.7. The van der Waals surface area contributed by atoms with Crippen LogP contribution in [0, 0.1) is 6.92 Å². The number of hydrogen-bond acceptors (Lipinski definition) is 3. The van der Waals surface area contributed by atoms with E-state index < -0.39 is 5.60 Å². The van der Waals surface area contributed by atoms with Crippen molar-refractivity contribution in [2.75, 3.05) is 7.11 Å². The molecule has 0 aromatic rings. The Morgan fingerprint density at radius 1 is 1.33 bits per heavy atom. The first kappa shape index (κ1) is 14.4. The molecule has 3 heteroatoms. The molecule has 0 aliphatic carbocycles. The Balaban J connectivity index is 3.61. The highest BCUT2D eigenvalue weighted by Crippen LogP contribution is 2.20. The Kier molecular flexibility index (Phi) is 7.39. The summed E-state index contributed by atoms with van der Waals surface area (Å²) in [5.41, 5.74) is -0.970. The molecule has 0 aliphatic heterocycles. The molecule has 0 bridgehead atoms. The number of carbonyl (C=O) groups excluding carboxylic acids is 1. The summed E-state index contributed by atoms with van der Waals surface area (Å²) in [5.74, 6) is -0.286. The summed E-state index contributed by atoms with van der Waals surface area (Å²) in [5, 5.41) is 9.84. The van der Waals surface area contributed by atoms with Gasteiger partial charge in [-0.15, -0.1) is 0 Å². The van der Waals surface area contributed by atoms with Crippen LogP contribution in [0.1, 0.15) is 51.9 Å². The fourth-order valence-electron chi connectivity index (χ4n) is 1.44. The molecule has 0 rings (SSSR count). The third-order valence-corrected chi connectivity index (χ3v) is 2.52. The van der Waals surface area contributed by atoms with Crippen molar-refractivity contribution < 1.29 is 14.6 Å². The van der Waals surface area contributed by atoms with Gasteiger partial charge in [-0.25, -0.2) is 0 Å². The van der Waals surface area contributed by atoms with E-state index in [4.69, 9.17) is 0 Å². The summed E-state index contributed by atoms with van der Waals surface area (Å²) in [6.07, 6.45) is 5.73. The van der Waals surface area contributed by atoms with Crippen LogP contribution >= 0.6 is 0 Å². The number of methoxy groups -OCH3 is 1. The van der Waals surface area contributed by atoms with Crippen LogP contribution in [0.3, 0.4) is 0 Å². The lowest BCUT2D eigenvalue weighted by atomic mass is 9.93. The van der Waals surface area contributed by atoms with E-state index in [1.165, 1.54) is 20.0 Å². The molecule has 0 aromatic heterocycles. The van der Waals surface area contributed by atoms with Gasteiger partial charge in [0.25, 0.3) is 0 Å². The molecule has 1 N–H and O–H groups in total. The molecule has 89 valence electrons. The van der Waals surface area contributed by atoms with Crippen LogP contribution in [0.2, 0.25) is 0 Å². The van der Waals surface area contributed by atoms with Crippen LogP contribution in [0.25, 0.3) is 0 Å². The zero-order valence-corrected chi connectivity index (χ0v) is 9.92. The van der Waals surface area contributed by atoms with Crippen molar-refractivity contribution in [3.05, 3.63) is 6.92 Å². The van der Waals surface area contributed by atoms with Crippen molar-refractivity contribution in [1.29, 1.82) is 0 Å². The smallest absolute Gasteiger partial charge is 0.305 e. The molecule has 0 fully saturated rings. The number of ether oxygens (including phenoxy) is 1. The van der Waals surface area contributed by atoms with Gasteiger partial charge in [0.15, 0.2) is 0 Å². The second-order valence-corrected chi connectivity index (χ2v) is 4.11. The fourth-order valence-corrected chi connectivity index (χ4v) is 1.44. The fraction of sp³-hybridized carbons (Fsp3) is 0.833. The highest BCUT2D eigenvalue weighted by atomic mass is 16.5. The normalized spacial score (nSPS) is 14.7. The first-order valence-electron chi connectivity index (χ1n) is 5.66. The maximum absolute atomic E-state index is 10.9. The van der Waals surface area contributed by atoms with Crippen molar-refractivity contribution in [3.63, 3.8) is 0 Å². The van der Waals surface area contributed by atoms with Crippen molar-refractivity contribution in [1.82, 2.24) is 0 Å². The number of hydrogen-bond donors (Lipinski definition) is 1. The molecule has 1 unspecified atom stereocenters. The summed E-state index contributed by atoms with van der Waals surface area (Å²) < 4.78 is 4.51. The number of unbranched alkanes of at least 4 members (excludes halogenated alkanes) is 3. The van der Waals surface area contributed by atoms with Gasteiger partial charge in [0, 0.05) is 6.42 Å². The number of esters is 1. The molecule has 1 radical (unpaired) electrons. The SMILES string of the molecule is [CH2]C(O)(CCCCCC)CCC(=O)OC. The van der Waals surface area contributed by atoms with Crippen molar-refractivity contribution >= 4 is 5.97 Å². The van der Waals surface area contributed by atoms with Gasteiger partial charge in [-0.3, -0.25) is 4.79 Å². The number of carbonyl (C=O) groups is 1. The molecule has 0 saturated heterocycles. The molecule has 0 aliphatic rings. The molecular formula is C12H23O3. The maximum atomic E-state index is 10.9. The van der Waals surface area contributed by atoms with Gasteiger partial charge in [-0.05, 0) is 19.8 Å². The predicted octanol–water partition coefficient (Wildman–Crippen LogP) is 2.48. The van der Waals surface area contributed by atoms with Gasteiger partial charge < -0.3 is 9.84 Å². The highest BCUT2D eigenvalue weighted by molar-refractivity contribution is 5.69. The minimum atomic E-state index is -0.970. The van der Waals surface area contributed by atoms with Gasteiger partial charge >= 0.3 is 5.97 Å². The van der Waals surface area contributed by atoms with Crippen LogP contribution < -0.4 is 0 Å². The van der Waals surface area contributed by atoms with Gasteiger partial charge in [0.1, 0.15) is 0 Å². The van der Waals surface area contributed by atoms with E-state index in [0.29, 0.717) is 12.8 Å². The molecule has 0 aromatic carbocycles. The Morgan fingerprint density at radius 3 is 2.53 bits per heavy atom. The van der Waals surface area contributed by atoms with E-state index in [1.54, 1.807) is 0 Å². The van der Waals surface area contributed by atoms with Crippen LogP contribution in [-0.2, 0) is 9.53 Å². The Bertz CT molecular complexity index is 176. The van der Waals surface area contributed by atoms with Gasteiger partial charge in [0.2, 0.25) is 0 Å². The van der Waals surface area contributed by atoms with E-state index >= 15 is 0 Å². The predicted molar refractivity (Wildman–Crippen MR) is 60.3 cm³/mol. The Labute approximate surface area is 92.8 Å². The third-order valence-electron chi connectivity index (χ3n) is 2.52. The minimum Gasteiger partial charge on any atom is -0.469 e. The first-order valence-corrected chi connectivity index (χ1v) is 5.66. The van der Waals surface area contributed by atoms with Crippen LogP contribution in [0.15, 0.2) is 0 Å². The lowest BCUT2D eigenvalue weighted by Crippen LogP contribution is -2.25. The molecule has 0 spiro atoms. The van der Waals surface area contributed by atoms with E-state index in [2.05, 4.69) is 18.6 Å². The van der Waals surface area contributed by atoms with Gasteiger partial charge in [0.05, 0.1) is 12.7 Å². The lowest BCUT2D eigenvalue weighted by molar-refractivity contribution is -0.141.